The number of nitrogens with zero attached hydrogens (tertiary/aromatic N) is 5. The average Bonchev–Trinajstić information content (AvgIpc) is 2.92. The molecule has 0 amide bonds. The summed E-state index contributed by atoms with van der Waals surface area (Å²) in [5, 5.41) is 13.7. The first-order valence-electron chi connectivity index (χ1n) is 8.82. The van der Waals surface area contributed by atoms with E-state index in [9.17, 15) is 9.65 Å². The van der Waals surface area contributed by atoms with E-state index in [1.54, 1.807) is 29.9 Å². The van der Waals surface area contributed by atoms with Gasteiger partial charge in [0.15, 0.2) is 5.65 Å². The van der Waals surface area contributed by atoms with Crippen LogP contribution < -0.4 is 0 Å². The lowest BCUT2D eigenvalue weighted by atomic mass is 9.65. The first kappa shape index (κ1) is 17.3. The third kappa shape index (κ3) is 2.31. The Balaban J connectivity index is 2.00. The van der Waals surface area contributed by atoms with Crippen LogP contribution in [0.3, 0.4) is 0 Å². The zero-order valence-corrected chi connectivity index (χ0v) is 16.0. The molecule has 1 aromatic carbocycles. The maximum Gasteiger partial charge on any atom is 0.173 e. The van der Waals surface area contributed by atoms with Crippen molar-refractivity contribution in [2.45, 2.75) is 45.6 Å². The number of hydrogen-bond acceptors (Lipinski definition) is 4. The molecule has 2 aromatic heterocycles. The summed E-state index contributed by atoms with van der Waals surface area (Å²) >= 11 is 0. The molecule has 0 radical (unpaired) electrons. The number of aromatic nitrogens is 3. The molecular weight excluding hydrogens is 341 g/mol. The van der Waals surface area contributed by atoms with Crippen molar-refractivity contribution in [3.8, 4) is 6.07 Å². The van der Waals surface area contributed by atoms with Crippen molar-refractivity contribution in [1.82, 2.24) is 14.6 Å². The minimum absolute atomic E-state index is 0.228. The lowest BCUT2D eigenvalue weighted by molar-refractivity contribution is 0.293. The maximum absolute atomic E-state index is 14.8. The summed E-state index contributed by atoms with van der Waals surface area (Å²) in [6.45, 7) is 9.85. The van der Waals surface area contributed by atoms with E-state index in [2.05, 4.69) is 16.2 Å². The normalized spacial score (nSPS) is 17.3. The van der Waals surface area contributed by atoms with Gasteiger partial charge in [-0.3, -0.25) is 4.99 Å². The quantitative estimate of drug-likeness (QED) is 0.659. The Morgan fingerprint density at radius 3 is 2.63 bits per heavy atom. The molecule has 0 fully saturated rings. The number of aryl methyl sites for hydroxylation is 1. The minimum Gasteiger partial charge on any atom is -0.277 e. The van der Waals surface area contributed by atoms with Crippen LogP contribution in [0.25, 0.3) is 5.65 Å². The molecule has 0 bridgehead atoms. The van der Waals surface area contributed by atoms with Crippen LogP contribution in [0, 0.1) is 24.1 Å². The van der Waals surface area contributed by atoms with Crippen molar-refractivity contribution < 1.29 is 4.39 Å². The Morgan fingerprint density at radius 2 is 1.93 bits per heavy atom. The zero-order chi connectivity index (χ0) is 19.6. The Morgan fingerprint density at radius 1 is 1.19 bits per heavy atom. The topological polar surface area (TPSA) is 66.3 Å². The van der Waals surface area contributed by atoms with Gasteiger partial charge in [0.05, 0.1) is 16.9 Å². The van der Waals surface area contributed by atoms with Crippen LogP contribution in [0.4, 0.5) is 4.39 Å². The van der Waals surface area contributed by atoms with Gasteiger partial charge < -0.3 is 0 Å². The van der Waals surface area contributed by atoms with Crippen molar-refractivity contribution >= 4 is 11.4 Å². The van der Waals surface area contributed by atoms with Crippen LogP contribution in [-0.2, 0) is 5.41 Å². The molecule has 0 spiro atoms. The van der Waals surface area contributed by atoms with Gasteiger partial charge in [-0.05, 0) is 26.8 Å². The second-order valence-electron chi connectivity index (χ2n) is 7.99. The number of halogens is 1. The molecule has 3 heterocycles. The van der Waals surface area contributed by atoms with Gasteiger partial charge in [-0.1, -0.05) is 26.0 Å². The Bertz CT molecular complexity index is 1160. The van der Waals surface area contributed by atoms with Crippen LogP contribution in [0.5, 0.6) is 0 Å². The number of benzene rings is 1. The molecule has 27 heavy (non-hydrogen) atoms. The monoisotopic (exact) mass is 361 g/mol. The van der Waals surface area contributed by atoms with Crippen LogP contribution >= 0.6 is 0 Å². The van der Waals surface area contributed by atoms with Gasteiger partial charge in [0.25, 0.3) is 0 Å². The van der Waals surface area contributed by atoms with Gasteiger partial charge in [-0.25, -0.2) is 13.9 Å². The zero-order valence-electron chi connectivity index (χ0n) is 16.0. The SMILES string of the molecule is Cc1nn2cc(C3=NC(C)(C)C(C)(C)c4c(F)cccc43)cnc2c1C#N. The number of fused-ring (bicyclic) bond motifs is 2. The van der Waals surface area contributed by atoms with E-state index in [-0.39, 0.29) is 5.82 Å². The third-order valence-electron chi connectivity index (χ3n) is 5.85. The minimum atomic E-state index is -0.510. The summed E-state index contributed by atoms with van der Waals surface area (Å²) in [6.07, 6.45) is 3.48. The number of nitriles is 1. The van der Waals surface area contributed by atoms with Gasteiger partial charge in [-0.15, -0.1) is 0 Å². The Labute approximate surface area is 157 Å². The molecule has 0 atom stereocenters. The third-order valence-corrected chi connectivity index (χ3v) is 5.85. The highest BCUT2D eigenvalue weighted by Gasteiger charge is 2.45. The van der Waals surface area contributed by atoms with Crippen molar-refractivity contribution in [3.63, 3.8) is 0 Å². The lowest BCUT2D eigenvalue weighted by Gasteiger charge is -2.44. The molecule has 136 valence electrons. The smallest absolute Gasteiger partial charge is 0.173 e. The van der Waals surface area contributed by atoms with E-state index in [0.717, 1.165) is 11.1 Å². The molecule has 0 N–H and O–H groups in total. The van der Waals surface area contributed by atoms with Crippen molar-refractivity contribution in [1.29, 1.82) is 5.26 Å². The summed E-state index contributed by atoms with van der Waals surface area (Å²) in [7, 11) is 0. The maximum atomic E-state index is 14.8. The fraction of sp³-hybridized carbons (Fsp3) is 0.333. The van der Waals surface area contributed by atoms with Gasteiger partial charge in [0, 0.05) is 34.5 Å². The summed E-state index contributed by atoms with van der Waals surface area (Å²) in [5.74, 6) is -0.228. The molecule has 5 nitrogen and oxygen atoms in total. The summed E-state index contributed by atoms with van der Waals surface area (Å²) in [5.41, 5.74) is 3.48. The second kappa shape index (κ2) is 5.46. The predicted octanol–water partition coefficient (Wildman–Crippen LogP) is 3.96. The predicted molar refractivity (Wildman–Crippen MR) is 102 cm³/mol. The van der Waals surface area contributed by atoms with Gasteiger partial charge in [0.2, 0.25) is 0 Å². The number of rotatable bonds is 1. The standard InChI is InChI=1S/C21H20FN5/c1-12-15(9-23)19-24-10-13(11-27(19)26-12)18-14-7-6-8-16(22)17(14)20(2,3)21(4,5)25-18/h6-8,10-11H,1-5H3. The molecular formula is C21H20FN5. The number of aliphatic imine (C=N–C) groups is 1. The molecule has 0 saturated heterocycles. The van der Waals surface area contributed by atoms with Crippen LogP contribution in [-0.4, -0.2) is 25.8 Å². The van der Waals surface area contributed by atoms with Crippen LogP contribution in [0.15, 0.2) is 35.6 Å². The van der Waals surface area contributed by atoms with Gasteiger partial charge >= 0.3 is 0 Å². The Hall–Kier alpha value is -3.07. The van der Waals surface area contributed by atoms with Gasteiger partial charge in [0.1, 0.15) is 17.4 Å². The van der Waals surface area contributed by atoms with Crippen molar-refractivity contribution in [2.75, 3.05) is 0 Å². The Kier molecular flexibility index (Phi) is 3.51. The van der Waals surface area contributed by atoms with Crippen molar-refractivity contribution in [3.05, 3.63) is 64.4 Å². The van der Waals surface area contributed by atoms with Gasteiger partial charge in [-0.2, -0.15) is 10.4 Å². The molecule has 6 heteroatoms. The summed E-state index contributed by atoms with van der Waals surface area (Å²) < 4.78 is 16.4. The second-order valence-corrected chi connectivity index (χ2v) is 7.99. The fourth-order valence-electron chi connectivity index (χ4n) is 3.66. The molecule has 0 unspecified atom stereocenters. The summed E-state index contributed by atoms with van der Waals surface area (Å²) in [6, 6.07) is 7.24. The first-order valence-corrected chi connectivity index (χ1v) is 8.82. The largest absolute Gasteiger partial charge is 0.277 e. The van der Waals surface area contributed by atoms with E-state index in [1.165, 1.54) is 6.07 Å². The molecule has 0 aliphatic carbocycles. The van der Waals surface area contributed by atoms with E-state index in [1.807, 2.05) is 33.8 Å². The molecule has 1 aliphatic rings. The highest BCUT2D eigenvalue weighted by molar-refractivity contribution is 6.14. The molecule has 3 aromatic rings. The first-order chi connectivity index (χ1) is 12.7. The van der Waals surface area contributed by atoms with E-state index < -0.39 is 11.0 Å². The van der Waals surface area contributed by atoms with E-state index in [4.69, 9.17) is 4.99 Å². The van der Waals surface area contributed by atoms with Crippen LogP contribution in [0.2, 0.25) is 0 Å². The highest BCUT2D eigenvalue weighted by Crippen LogP contribution is 2.44. The average molecular weight is 361 g/mol. The molecule has 0 saturated carbocycles. The molecule has 4 rings (SSSR count). The van der Waals surface area contributed by atoms with Crippen molar-refractivity contribution in [2.24, 2.45) is 4.99 Å². The lowest BCUT2D eigenvalue weighted by Crippen LogP contribution is -2.46. The fourth-order valence-corrected chi connectivity index (χ4v) is 3.66. The highest BCUT2D eigenvalue weighted by atomic mass is 19.1. The van der Waals surface area contributed by atoms with Crippen LogP contribution in [0.1, 0.15) is 55.6 Å². The summed E-state index contributed by atoms with van der Waals surface area (Å²) in [4.78, 5) is 9.41. The molecule has 1 aliphatic heterocycles. The van der Waals surface area contributed by atoms with E-state index in [0.29, 0.717) is 28.2 Å². The van der Waals surface area contributed by atoms with E-state index >= 15 is 0 Å². The number of hydrogen-bond donors (Lipinski definition) is 0.